The summed E-state index contributed by atoms with van der Waals surface area (Å²) in [6.07, 6.45) is 15.5. The van der Waals surface area contributed by atoms with Gasteiger partial charge in [0.1, 0.15) is 16.7 Å². The van der Waals surface area contributed by atoms with Crippen LogP contribution in [-0.2, 0) is 35.6 Å². The van der Waals surface area contributed by atoms with Gasteiger partial charge in [-0.1, -0.05) is 69.7 Å². The van der Waals surface area contributed by atoms with Crippen molar-refractivity contribution < 1.29 is 30.8 Å². The Morgan fingerprint density at radius 3 is 2.32 bits per heavy atom. The largest absolute Gasteiger partial charge is 0.744 e. The molecule has 0 saturated carbocycles. The summed E-state index contributed by atoms with van der Waals surface area (Å²) in [6, 6.07) is 13.2. The molecule has 2 aliphatic heterocycles. The van der Waals surface area contributed by atoms with Crippen LogP contribution in [0.25, 0.3) is 0 Å². The molecule has 0 atom stereocenters. The number of nitrogens with one attached hydrogen (secondary N) is 1. The predicted octanol–water partition coefficient (Wildman–Crippen LogP) is 6.80. The molecule has 0 spiro atoms. The number of allylic oxidation sites excluding steroid dienone is 6. The molecule has 270 valence electrons. The molecular weight excluding hydrogens is 671 g/mol. The number of carbonyl (C=O) groups excluding carboxylic acids is 1. The van der Waals surface area contributed by atoms with Gasteiger partial charge in [-0.05, 0) is 63.5 Å². The smallest absolute Gasteiger partial charge is 0.220 e. The molecule has 4 rings (SSSR count). The molecule has 0 bridgehead atoms. The lowest BCUT2D eigenvalue weighted by atomic mass is 9.81. The predicted molar refractivity (Wildman–Crippen MR) is 201 cm³/mol. The Kier molecular flexibility index (Phi) is 12.5. The van der Waals surface area contributed by atoms with E-state index in [4.69, 9.17) is 0 Å². The zero-order valence-corrected chi connectivity index (χ0v) is 31.6. The van der Waals surface area contributed by atoms with Gasteiger partial charge in [0.2, 0.25) is 11.6 Å². The van der Waals surface area contributed by atoms with Crippen LogP contribution >= 0.6 is 0 Å². The molecule has 0 aromatic heterocycles. The molecular formula is C39H51N3O6S2. The first-order chi connectivity index (χ1) is 23.5. The van der Waals surface area contributed by atoms with Gasteiger partial charge in [-0.15, -0.1) is 0 Å². The molecule has 2 aromatic carbocycles. The number of unbranched alkanes of at least 4 members (excludes halogenated alkanes) is 4. The maximum absolute atomic E-state index is 12.0. The Hall–Kier alpha value is -3.80. The number of anilines is 1. The molecule has 9 nitrogen and oxygen atoms in total. The molecule has 0 aliphatic carbocycles. The average molecular weight is 722 g/mol. The molecule has 50 heavy (non-hydrogen) atoms. The van der Waals surface area contributed by atoms with E-state index in [0.717, 1.165) is 61.0 Å². The number of carbonyl (C=O) groups is 1. The van der Waals surface area contributed by atoms with E-state index in [1.807, 2.05) is 26.0 Å². The van der Waals surface area contributed by atoms with E-state index in [9.17, 15) is 26.2 Å². The molecule has 2 heterocycles. The van der Waals surface area contributed by atoms with Crippen molar-refractivity contribution in [3.63, 3.8) is 0 Å². The Labute approximate surface area is 298 Å². The zero-order chi connectivity index (χ0) is 36.7. The van der Waals surface area contributed by atoms with E-state index < -0.39 is 25.4 Å². The molecule has 0 radical (unpaired) electrons. The zero-order valence-electron chi connectivity index (χ0n) is 29.9. The fourth-order valence-electron chi connectivity index (χ4n) is 6.98. The molecule has 0 saturated heterocycles. The molecule has 1 N–H and O–H groups in total. The van der Waals surface area contributed by atoms with Gasteiger partial charge >= 0.3 is 0 Å². The highest BCUT2D eigenvalue weighted by atomic mass is 32.2. The van der Waals surface area contributed by atoms with Gasteiger partial charge in [-0.2, -0.15) is 4.58 Å². The van der Waals surface area contributed by atoms with E-state index in [1.54, 1.807) is 6.07 Å². The van der Waals surface area contributed by atoms with Crippen LogP contribution in [0, 0.1) is 0 Å². The van der Waals surface area contributed by atoms with Crippen molar-refractivity contribution in [1.82, 2.24) is 5.32 Å². The Morgan fingerprint density at radius 2 is 1.62 bits per heavy atom. The number of benzene rings is 2. The summed E-state index contributed by atoms with van der Waals surface area (Å²) in [5, 5.41) is 3.59. The lowest BCUT2D eigenvalue weighted by Gasteiger charge is -2.25. The lowest BCUT2D eigenvalue weighted by molar-refractivity contribution is -0.438. The normalized spacial score (nSPS) is 17.6. The Bertz CT molecular complexity index is 1940. The quantitative estimate of drug-likeness (QED) is 0.0825. The van der Waals surface area contributed by atoms with Crippen LogP contribution in [0.15, 0.2) is 95.4 Å². The van der Waals surface area contributed by atoms with Crippen LogP contribution in [0.2, 0.25) is 0 Å². The van der Waals surface area contributed by atoms with Crippen LogP contribution in [-0.4, -0.2) is 63.0 Å². The van der Waals surface area contributed by atoms with E-state index >= 15 is 0 Å². The van der Waals surface area contributed by atoms with Crippen LogP contribution in [0.5, 0.6) is 0 Å². The molecule has 0 unspecified atom stereocenters. The maximum Gasteiger partial charge on any atom is 0.220 e. The summed E-state index contributed by atoms with van der Waals surface area (Å²) in [7, 11) is -7.86. The van der Waals surface area contributed by atoms with Crippen molar-refractivity contribution in [3.05, 3.63) is 102 Å². The Balaban J connectivity index is 1.39. The number of nitrogens with zero attached hydrogens (tertiary/aromatic N) is 2. The number of sulfone groups is 1. The van der Waals surface area contributed by atoms with Gasteiger partial charge in [0.05, 0.1) is 16.1 Å². The summed E-state index contributed by atoms with van der Waals surface area (Å²) >= 11 is 0. The molecule has 11 heteroatoms. The molecule has 1 amide bonds. The number of amides is 1. The second-order valence-electron chi connectivity index (χ2n) is 13.9. The van der Waals surface area contributed by atoms with Crippen molar-refractivity contribution in [2.45, 2.75) is 88.9 Å². The standard InChI is InChI=1S/C39H51N3O6S2/c1-7-41-34-25-24-30(50(46,47)48)29-32(34)39(5,6)35(41)21-13-12-14-22-36-38(3,4)31-19-16-17-20-33(31)42(36)27-18-11-9-10-15-23-37(43)40-26-28-49(44,45)8-2/h8,12-14,16-17,19-22,24-25,29H,2,7,9-11,15,18,23,26-28H2,1,3-6H3,(H-,40,43,46,47,48). The third-order valence-corrected chi connectivity index (χ3v) is 11.9. The van der Waals surface area contributed by atoms with Crippen LogP contribution in [0.1, 0.15) is 84.3 Å². The molecule has 0 fully saturated rings. The number of likely N-dealkylation sites (N-methyl/N-ethyl adjacent to an activating group) is 1. The monoisotopic (exact) mass is 721 g/mol. The summed E-state index contributed by atoms with van der Waals surface area (Å²) in [5.74, 6) is -0.252. The minimum Gasteiger partial charge on any atom is -0.744 e. The SMILES string of the molecule is C=CS(=O)(=O)CCNC(=O)CCCCCCC[N+]1=C(C=CC=CC=C2N(CC)c3ccc(S(=O)(=O)[O-])cc3C2(C)C)C(C)(C)c2ccccc21. The first kappa shape index (κ1) is 39.0. The summed E-state index contributed by atoms with van der Waals surface area (Å²) < 4.78 is 60.5. The van der Waals surface area contributed by atoms with Gasteiger partial charge in [0.25, 0.3) is 0 Å². The fraction of sp³-hybridized carbons (Fsp3) is 0.436. The van der Waals surface area contributed by atoms with Crippen molar-refractivity contribution in [2.75, 3.05) is 30.3 Å². The Morgan fingerprint density at radius 1 is 0.920 bits per heavy atom. The van der Waals surface area contributed by atoms with Crippen LogP contribution < -0.4 is 10.2 Å². The first-order valence-corrected chi connectivity index (χ1v) is 20.5. The second kappa shape index (κ2) is 16.0. The first-order valence-electron chi connectivity index (χ1n) is 17.3. The third-order valence-electron chi connectivity index (χ3n) is 9.75. The number of hydrogen-bond acceptors (Lipinski definition) is 7. The van der Waals surface area contributed by atoms with Crippen molar-refractivity contribution >= 4 is 42.9 Å². The van der Waals surface area contributed by atoms with Crippen molar-refractivity contribution in [2.24, 2.45) is 0 Å². The average Bonchev–Trinajstić information content (AvgIpc) is 3.41. The van der Waals surface area contributed by atoms with Crippen LogP contribution in [0.4, 0.5) is 11.4 Å². The van der Waals surface area contributed by atoms with E-state index in [-0.39, 0.29) is 28.5 Å². The topological polar surface area (TPSA) is 127 Å². The van der Waals surface area contributed by atoms with Crippen molar-refractivity contribution in [1.29, 1.82) is 0 Å². The summed E-state index contributed by atoms with van der Waals surface area (Å²) in [5.41, 5.74) is 5.85. The number of para-hydroxylation sites is 1. The summed E-state index contributed by atoms with van der Waals surface area (Å²) in [6.45, 7) is 15.6. The minimum absolute atomic E-state index is 0.104. The van der Waals surface area contributed by atoms with Gasteiger partial charge in [0.15, 0.2) is 15.5 Å². The van der Waals surface area contributed by atoms with E-state index in [0.29, 0.717) is 13.0 Å². The van der Waals surface area contributed by atoms with E-state index in [2.05, 4.69) is 84.6 Å². The van der Waals surface area contributed by atoms with Gasteiger partial charge in [0, 0.05) is 65.8 Å². The number of hydrogen-bond donors (Lipinski definition) is 1. The highest BCUT2D eigenvalue weighted by Crippen LogP contribution is 2.48. The maximum atomic E-state index is 12.0. The van der Waals surface area contributed by atoms with Gasteiger partial charge in [-0.3, -0.25) is 4.79 Å². The third kappa shape index (κ3) is 8.91. The van der Waals surface area contributed by atoms with Crippen LogP contribution in [0.3, 0.4) is 0 Å². The van der Waals surface area contributed by atoms with E-state index in [1.165, 1.54) is 29.1 Å². The minimum atomic E-state index is -4.55. The molecule has 2 aliphatic rings. The number of rotatable bonds is 17. The van der Waals surface area contributed by atoms with Gasteiger partial charge in [-0.25, -0.2) is 16.8 Å². The molecule has 2 aromatic rings. The highest BCUT2D eigenvalue weighted by molar-refractivity contribution is 7.94. The number of fused-ring (bicyclic) bond motifs is 2. The fourth-order valence-corrected chi connectivity index (χ4v) is 8.03. The van der Waals surface area contributed by atoms with Crippen molar-refractivity contribution in [3.8, 4) is 0 Å². The summed E-state index contributed by atoms with van der Waals surface area (Å²) in [4.78, 5) is 14.0. The van der Waals surface area contributed by atoms with Gasteiger partial charge < -0.3 is 14.8 Å². The highest BCUT2D eigenvalue weighted by Gasteiger charge is 2.44. The lowest BCUT2D eigenvalue weighted by Crippen LogP contribution is -2.28. The second-order valence-corrected chi connectivity index (χ2v) is 17.3.